The zero-order valence-electron chi connectivity index (χ0n) is 16.2. The molecule has 1 N–H and O–H groups in total. The van der Waals surface area contributed by atoms with E-state index in [2.05, 4.69) is 4.99 Å². The summed E-state index contributed by atoms with van der Waals surface area (Å²) in [6, 6.07) is 11.7. The number of hydrogen-bond donors (Lipinski definition) is 1. The Morgan fingerprint density at radius 1 is 1.21 bits per heavy atom. The summed E-state index contributed by atoms with van der Waals surface area (Å²) in [5, 5.41) is 9.65. The Kier molecular flexibility index (Phi) is 6.23. The second-order valence-electron chi connectivity index (χ2n) is 6.02. The number of rotatable bonds is 6. The summed E-state index contributed by atoms with van der Waals surface area (Å²) in [7, 11) is 3.13. The van der Waals surface area contributed by atoms with E-state index < -0.39 is 5.97 Å². The highest BCUT2D eigenvalue weighted by Crippen LogP contribution is 2.36. The summed E-state index contributed by atoms with van der Waals surface area (Å²) in [5.74, 6) is 0.0586. The van der Waals surface area contributed by atoms with Gasteiger partial charge in [0.05, 0.1) is 30.4 Å². The summed E-state index contributed by atoms with van der Waals surface area (Å²) in [6.07, 6.45) is 1.75. The molecule has 0 saturated carbocycles. The number of benzene rings is 2. The van der Waals surface area contributed by atoms with Gasteiger partial charge in [-0.15, -0.1) is 0 Å². The highest BCUT2D eigenvalue weighted by atomic mass is 32.2. The molecule has 1 heterocycles. The number of amidine groups is 1. The first-order valence-electron chi connectivity index (χ1n) is 8.82. The lowest BCUT2D eigenvalue weighted by Gasteiger charge is -2.12. The van der Waals surface area contributed by atoms with E-state index in [1.54, 1.807) is 49.5 Å². The Balaban J connectivity index is 1.96. The molecule has 29 heavy (non-hydrogen) atoms. The van der Waals surface area contributed by atoms with Crippen molar-refractivity contribution in [3.63, 3.8) is 0 Å². The maximum absolute atomic E-state index is 12.8. The van der Waals surface area contributed by atoms with E-state index in [0.29, 0.717) is 33.8 Å². The van der Waals surface area contributed by atoms with Gasteiger partial charge in [-0.05, 0) is 55.1 Å². The zero-order chi connectivity index (χ0) is 21.0. The topological polar surface area (TPSA) is 88.4 Å². The van der Waals surface area contributed by atoms with Crippen molar-refractivity contribution in [1.82, 2.24) is 4.90 Å². The van der Waals surface area contributed by atoms with Gasteiger partial charge in [0.1, 0.15) is 11.5 Å². The van der Waals surface area contributed by atoms with Crippen LogP contribution < -0.4 is 9.47 Å². The number of aliphatic imine (C=N–C) groups is 1. The Morgan fingerprint density at radius 2 is 2.00 bits per heavy atom. The molecular formula is C21H20N2O5S. The summed E-state index contributed by atoms with van der Waals surface area (Å²) in [5.41, 5.74) is 1.36. The minimum absolute atomic E-state index is 0.142. The smallest absolute Gasteiger partial charge is 0.335 e. The lowest BCUT2D eigenvalue weighted by molar-refractivity contribution is -0.122. The van der Waals surface area contributed by atoms with Gasteiger partial charge in [0, 0.05) is 18.2 Å². The SMILES string of the molecule is CCN1C(=O)/C(=C\c2ccc(OC)cc2OC)SC1=Nc1cccc(C(=O)O)c1. The fourth-order valence-electron chi connectivity index (χ4n) is 2.77. The Bertz CT molecular complexity index is 1020. The average Bonchev–Trinajstić information content (AvgIpc) is 3.02. The van der Waals surface area contributed by atoms with Crippen LogP contribution in [0.1, 0.15) is 22.8 Å². The first kappa shape index (κ1) is 20.5. The van der Waals surface area contributed by atoms with E-state index in [1.807, 2.05) is 13.0 Å². The molecule has 0 radical (unpaired) electrons. The third kappa shape index (κ3) is 4.43. The molecule has 1 aliphatic heterocycles. The van der Waals surface area contributed by atoms with Gasteiger partial charge < -0.3 is 14.6 Å². The molecule has 3 rings (SSSR count). The lowest BCUT2D eigenvalue weighted by atomic mass is 10.1. The first-order chi connectivity index (χ1) is 14.0. The Hall–Kier alpha value is -3.26. The molecule has 1 saturated heterocycles. The van der Waals surface area contributed by atoms with Gasteiger partial charge in [-0.1, -0.05) is 6.07 Å². The fourth-order valence-corrected chi connectivity index (χ4v) is 3.82. The van der Waals surface area contributed by atoms with Crippen LogP contribution in [0.5, 0.6) is 11.5 Å². The average molecular weight is 412 g/mol. The number of hydrogen-bond acceptors (Lipinski definition) is 6. The number of methoxy groups -OCH3 is 2. The van der Waals surface area contributed by atoms with Gasteiger partial charge in [-0.3, -0.25) is 9.69 Å². The van der Waals surface area contributed by atoms with Crippen LogP contribution in [-0.2, 0) is 4.79 Å². The second kappa shape index (κ2) is 8.83. The largest absolute Gasteiger partial charge is 0.497 e. The predicted molar refractivity (Wildman–Crippen MR) is 113 cm³/mol. The summed E-state index contributed by atoms with van der Waals surface area (Å²) >= 11 is 1.24. The number of ether oxygens (including phenoxy) is 2. The van der Waals surface area contributed by atoms with E-state index in [0.717, 1.165) is 5.56 Å². The number of amides is 1. The van der Waals surface area contributed by atoms with Crippen LogP contribution in [0.25, 0.3) is 6.08 Å². The fraction of sp³-hybridized carbons (Fsp3) is 0.190. The van der Waals surface area contributed by atoms with Crippen molar-refractivity contribution >= 4 is 40.6 Å². The number of carbonyl (C=O) groups is 2. The molecule has 0 unspecified atom stereocenters. The number of carboxylic acid groups (broad SMARTS) is 1. The quantitative estimate of drug-likeness (QED) is 0.721. The van der Waals surface area contributed by atoms with Gasteiger partial charge in [0.25, 0.3) is 5.91 Å². The standard InChI is InChI=1S/C21H20N2O5S/c1-4-23-19(24)18(11-13-8-9-16(27-2)12-17(13)28-3)29-21(23)22-15-7-5-6-14(10-15)20(25)26/h5-12H,4H2,1-3H3,(H,25,26)/b18-11+,22-21?. The molecule has 150 valence electrons. The van der Waals surface area contributed by atoms with Crippen LogP contribution in [0.3, 0.4) is 0 Å². The van der Waals surface area contributed by atoms with E-state index in [4.69, 9.17) is 14.6 Å². The van der Waals surface area contributed by atoms with E-state index in [1.165, 1.54) is 23.9 Å². The number of carboxylic acids is 1. The van der Waals surface area contributed by atoms with Gasteiger partial charge >= 0.3 is 5.97 Å². The molecule has 0 atom stereocenters. The number of carbonyl (C=O) groups excluding carboxylic acids is 1. The minimum Gasteiger partial charge on any atom is -0.497 e. The highest BCUT2D eigenvalue weighted by Gasteiger charge is 2.32. The van der Waals surface area contributed by atoms with Crippen LogP contribution in [0.4, 0.5) is 5.69 Å². The maximum atomic E-state index is 12.8. The third-order valence-corrected chi connectivity index (χ3v) is 5.26. The van der Waals surface area contributed by atoms with Crippen molar-refractivity contribution in [3.05, 3.63) is 58.5 Å². The van der Waals surface area contributed by atoms with E-state index in [-0.39, 0.29) is 11.5 Å². The van der Waals surface area contributed by atoms with Crippen LogP contribution in [-0.4, -0.2) is 47.8 Å². The van der Waals surface area contributed by atoms with Crippen LogP contribution in [0, 0.1) is 0 Å². The zero-order valence-corrected chi connectivity index (χ0v) is 17.0. The molecule has 1 aliphatic rings. The molecule has 2 aromatic rings. The van der Waals surface area contributed by atoms with Crippen LogP contribution in [0.15, 0.2) is 52.4 Å². The van der Waals surface area contributed by atoms with Crippen molar-refractivity contribution in [2.75, 3.05) is 20.8 Å². The molecule has 0 aliphatic carbocycles. The number of likely N-dealkylation sites (N-methyl/N-ethyl adjacent to an activating group) is 1. The number of nitrogens with zero attached hydrogens (tertiary/aromatic N) is 2. The van der Waals surface area contributed by atoms with Crippen molar-refractivity contribution in [2.45, 2.75) is 6.92 Å². The van der Waals surface area contributed by atoms with Crippen LogP contribution >= 0.6 is 11.8 Å². The second-order valence-corrected chi connectivity index (χ2v) is 7.03. The van der Waals surface area contributed by atoms with Gasteiger partial charge in [-0.25, -0.2) is 9.79 Å². The number of thioether (sulfide) groups is 1. The van der Waals surface area contributed by atoms with Gasteiger partial charge in [0.15, 0.2) is 5.17 Å². The Labute approximate surface area is 172 Å². The molecule has 1 fully saturated rings. The van der Waals surface area contributed by atoms with E-state index >= 15 is 0 Å². The van der Waals surface area contributed by atoms with Gasteiger partial charge in [-0.2, -0.15) is 0 Å². The van der Waals surface area contributed by atoms with Crippen molar-refractivity contribution < 1.29 is 24.2 Å². The minimum atomic E-state index is -1.03. The van der Waals surface area contributed by atoms with Crippen molar-refractivity contribution in [2.24, 2.45) is 4.99 Å². The molecule has 2 aromatic carbocycles. The van der Waals surface area contributed by atoms with Crippen molar-refractivity contribution in [3.8, 4) is 11.5 Å². The van der Waals surface area contributed by atoms with Gasteiger partial charge in [0.2, 0.25) is 0 Å². The molecule has 0 spiro atoms. The summed E-state index contributed by atoms with van der Waals surface area (Å²) in [4.78, 5) is 30.6. The predicted octanol–water partition coefficient (Wildman–Crippen LogP) is 4.03. The normalized spacial score (nSPS) is 16.5. The molecular weight excluding hydrogens is 392 g/mol. The highest BCUT2D eigenvalue weighted by molar-refractivity contribution is 8.18. The van der Waals surface area contributed by atoms with E-state index in [9.17, 15) is 9.59 Å². The molecule has 0 bridgehead atoms. The monoisotopic (exact) mass is 412 g/mol. The molecule has 7 nitrogen and oxygen atoms in total. The molecule has 8 heteroatoms. The Morgan fingerprint density at radius 3 is 2.66 bits per heavy atom. The van der Waals surface area contributed by atoms with Crippen molar-refractivity contribution in [1.29, 1.82) is 0 Å². The number of aromatic carboxylic acids is 1. The maximum Gasteiger partial charge on any atom is 0.335 e. The first-order valence-corrected chi connectivity index (χ1v) is 9.64. The molecule has 1 amide bonds. The van der Waals surface area contributed by atoms with Crippen LogP contribution in [0.2, 0.25) is 0 Å². The summed E-state index contributed by atoms with van der Waals surface area (Å²) in [6.45, 7) is 2.30. The molecule has 0 aromatic heterocycles. The summed E-state index contributed by atoms with van der Waals surface area (Å²) < 4.78 is 10.6. The third-order valence-electron chi connectivity index (χ3n) is 4.25. The lowest BCUT2D eigenvalue weighted by Crippen LogP contribution is -2.28.